The van der Waals surface area contributed by atoms with Crippen LogP contribution in [0.1, 0.15) is 27.7 Å². The number of aromatic hydroxyl groups is 1. The average Bonchev–Trinajstić information content (AvgIpc) is 2.38. The van der Waals surface area contributed by atoms with Crippen LogP contribution >= 0.6 is 0 Å². The zero-order valence-corrected chi connectivity index (χ0v) is 12.7. The van der Waals surface area contributed by atoms with Crippen LogP contribution in [0.15, 0.2) is 47.1 Å². The molecule has 1 rings (SSSR count). The van der Waals surface area contributed by atoms with Crippen LogP contribution in [0.5, 0.6) is 5.75 Å². The second kappa shape index (κ2) is 7.28. The number of anilines is 1. The first kappa shape index (κ1) is 16.5. The highest BCUT2D eigenvalue weighted by Crippen LogP contribution is 2.13. The third-order valence-corrected chi connectivity index (χ3v) is 2.57. The van der Waals surface area contributed by atoms with Crippen molar-refractivity contribution < 1.29 is 14.7 Å². The number of carbonyl (C=O) groups excluding carboxylic acids is 2. The van der Waals surface area contributed by atoms with Gasteiger partial charge in [-0.3, -0.25) is 10.1 Å². The number of hydrogen-bond donors (Lipinski definition) is 3. The first-order chi connectivity index (χ1) is 9.79. The van der Waals surface area contributed by atoms with Gasteiger partial charge < -0.3 is 10.4 Å². The van der Waals surface area contributed by atoms with Gasteiger partial charge >= 0.3 is 6.03 Å². The molecule has 0 aliphatic rings. The molecule has 0 saturated heterocycles. The number of urea groups is 1. The Balaban J connectivity index is 2.74. The highest BCUT2D eigenvalue weighted by molar-refractivity contribution is 6.09. The van der Waals surface area contributed by atoms with E-state index in [4.69, 9.17) is 5.11 Å². The van der Waals surface area contributed by atoms with Crippen molar-refractivity contribution in [2.24, 2.45) is 0 Å². The van der Waals surface area contributed by atoms with Crippen molar-refractivity contribution in [2.75, 3.05) is 5.32 Å². The van der Waals surface area contributed by atoms with Crippen molar-refractivity contribution >= 4 is 17.6 Å². The molecule has 0 heterocycles. The molecule has 0 atom stereocenters. The van der Waals surface area contributed by atoms with Crippen LogP contribution in [0.2, 0.25) is 0 Å². The van der Waals surface area contributed by atoms with Crippen molar-refractivity contribution in [2.45, 2.75) is 27.7 Å². The molecule has 112 valence electrons. The van der Waals surface area contributed by atoms with Crippen LogP contribution in [-0.4, -0.2) is 17.0 Å². The fourth-order valence-electron chi connectivity index (χ4n) is 1.60. The van der Waals surface area contributed by atoms with E-state index in [9.17, 15) is 9.59 Å². The number of benzene rings is 1. The van der Waals surface area contributed by atoms with E-state index in [1.165, 1.54) is 24.3 Å². The zero-order valence-electron chi connectivity index (χ0n) is 12.7. The van der Waals surface area contributed by atoms with Gasteiger partial charge in [-0.25, -0.2) is 4.79 Å². The Bertz CT molecular complexity index is 590. The predicted octanol–water partition coefficient (Wildman–Crippen LogP) is 3.34. The summed E-state index contributed by atoms with van der Waals surface area (Å²) in [7, 11) is 0. The first-order valence-electron chi connectivity index (χ1n) is 6.53. The van der Waals surface area contributed by atoms with Crippen molar-refractivity contribution in [3.63, 3.8) is 0 Å². The van der Waals surface area contributed by atoms with E-state index in [1.807, 2.05) is 27.7 Å². The van der Waals surface area contributed by atoms with Crippen molar-refractivity contribution in [1.29, 1.82) is 0 Å². The van der Waals surface area contributed by atoms with Gasteiger partial charge in [0.05, 0.1) is 0 Å². The molecule has 1 aromatic carbocycles. The largest absolute Gasteiger partial charge is 0.508 e. The molecule has 3 amide bonds. The summed E-state index contributed by atoms with van der Waals surface area (Å²) < 4.78 is 0. The van der Waals surface area contributed by atoms with Crippen LogP contribution in [-0.2, 0) is 4.79 Å². The van der Waals surface area contributed by atoms with Crippen LogP contribution in [0.25, 0.3) is 0 Å². The highest BCUT2D eigenvalue weighted by atomic mass is 16.3. The van der Waals surface area contributed by atoms with Gasteiger partial charge in [-0.15, -0.1) is 0 Å². The second-order valence-corrected chi connectivity index (χ2v) is 5.09. The summed E-state index contributed by atoms with van der Waals surface area (Å²) in [6, 6.07) is 5.35. The number of allylic oxidation sites excluding steroid dienone is 2. The van der Waals surface area contributed by atoms with Gasteiger partial charge in [-0.1, -0.05) is 17.2 Å². The summed E-state index contributed by atoms with van der Waals surface area (Å²) >= 11 is 0. The normalized spacial score (nSPS) is 9.52. The molecule has 0 aliphatic heterocycles. The number of amides is 3. The topological polar surface area (TPSA) is 78.4 Å². The van der Waals surface area contributed by atoms with Crippen molar-refractivity contribution in [1.82, 2.24) is 5.32 Å². The molecule has 0 bridgehead atoms. The fraction of sp³-hybridized carbons (Fsp3) is 0.250. The molecule has 0 aliphatic carbocycles. The molecule has 3 N–H and O–H groups in total. The molecular weight excluding hydrogens is 268 g/mol. The Kier molecular flexibility index (Phi) is 5.72. The quantitative estimate of drug-likeness (QED) is 0.453. The van der Waals surface area contributed by atoms with Gasteiger partial charge in [0.15, 0.2) is 0 Å². The molecule has 0 unspecified atom stereocenters. The van der Waals surface area contributed by atoms with E-state index in [0.29, 0.717) is 11.3 Å². The third-order valence-electron chi connectivity index (χ3n) is 2.57. The number of carbonyl (C=O) groups is 2. The molecule has 0 fully saturated rings. The van der Waals surface area contributed by atoms with Crippen LogP contribution in [0.3, 0.4) is 0 Å². The second-order valence-electron chi connectivity index (χ2n) is 5.09. The first-order valence-corrected chi connectivity index (χ1v) is 6.53. The van der Waals surface area contributed by atoms with Crippen LogP contribution in [0.4, 0.5) is 10.5 Å². The molecule has 0 saturated carbocycles. The number of hydrogen-bond acceptors (Lipinski definition) is 3. The summed E-state index contributed by atoms with van der Waals surface area (Å²) in [5, 5.41) is 14.0. The zero-order chi connectivity index (χ0) is 16.0. The number of phenols is 1. The van der Waals surface area contributed by atoms with Crippen molar-refractivity contribution in [3.05, 3.63) is 47.1 Å². The number of imide groups is 1. The van der Waals surface area contributed by atoms with Gasteiger partial charge in [-0.05, 0) is 52.0 Å². The molecule has 1 aromatic rings. The molecule has 21 heavy (non-hydrogen) atoms. The number of nitrogens with one attached hydrogen (secondary N) is 2. The smallest absolute Gasteiger partial charge is 0.326 e. The highest BCUT2D eigenvalue weighted by Gasteiger charge is 2.12. The summed E-state index contributed by atoms with van der Waals surface area (Å²) in [6.07, 6.45) is 1.73. The van der Waals surface area contributed by atoms with E-state index in [2.05, 4.69) is 10.6 Å². The SMILES string of the molecule is CC(C)=CC(C(=O)NC(=O)Nc1ccc(O)cc1)=C(C)C. The van der Waals surface area contributed by atoms with Gasteiger partial charge in [0.2, 0.25) is 0 Å². The molecule has 5 heteroatoms. The predicted molar refractivity (Wildman–Crippen MR) is 83.1 cm³/mol. The maximum Gasteiger partial charge on any atom is 0.326 e. The Morgan fingerprint density at radius 3 is 2.10 bits per heavy atom. The lowest BCUT2D eigenvalue weighted by molar-refractivity contribution is -0.116. The Labute approximate surface area is 124 Å². The number of rotatable bonds is 3. The lowest BCUT2D eigenvalue weighted by Gasteiger charge is -2.09. The molecule has 0 spiro atoms. The molecule has 5 nitrogen and oxygen atoms in total. The van der Waals surface area contributed by atoms with Crippen molar-refractivity contribution in [3.8, 4) is 5.75 Å². The summed E-state index contributed by atoms with van der Waals surface area (Å²) in [5.74, 6) is -0.347. The van der Waals surface area contributed by atoms with Crippen LogP contribution in [0, 0.1) is 0 Å². The monoisotopic (exact) mass is 288 g/mol. The maximum atomic E-state index is 12.1. The number of phenolic OH excluding ortho intramolecular Hbond substituents is 1. The fourth-order valence-corrected chi connectivity index (χ4v) is 1.60. The van der Waals surface area contributed by atoms with E-state index in [1.54, 1.807) is 6.08 Å². The summed E-state index contributed by atoms with van der Waals surface area (Å²) in [4.78, 5) is 23.8. The minimum atomic E-state index is -0.619. The lowest BCUT2D eigenvalue weighted by atomic mass is 10.1. The molecule has 0 aromatic heterocycles. The Morgan fingerprint density at radius 2 is 1.62 bits per heavy atom. The van der Waals surface area contributed by atoms with Gasteiger partial charge in [0.1, 0.15) is 5.75 Å². The van der Waals surface area contributed by atoms with Gasteiger partial charge in [0, 0.05) is 11.3 Å². The summed E-state index contributed by atoms with van der Waals surface area (Å²) in [5.41, 5.74) is 2.75. The van der Waals surface area contributed by atoms with E-state index < -0.39 is 11.9 Å². The minimum Gasteiger partial charge on any atom is -0.508 e. The lowest BCUT2D eigenvalue weighted by Crippen LogP contribution is -2.35. The Hall–Kier alpha value is -2.56. The Morgan fingerprint density at radius 1 is 1.05 bits per heavy atom. The molecular formula is C16H20N2O3. The van der Waals surface area contributed by atoms with E-state index in [0.717, 1.165) is 11.1 Å². The van der Waals surface area contributed by atoms with Crippen LogP contribution < -0.4 is 10.6 Å². The van der Waals surface area contributed by atoms with Gasteiger partial charge in [-0.2, -0.15) is 0 Å². The van der Waals surface area contributed by atoms with E-state index in [-0.39, 0.29) is 5.75 Å². The van der Waals surface area contributed by atoms with Gasteiger partial charge in [0.25, 0.3) is 5.91 Å². The minimum absolute atomic E-state index is 0.104. The average molecular weight is 288 g/mol. The molecule has 0 radical (unpaired) electrons. The maximum absolute atomic E-state index is 12.1. The summed E-state index contributed by atoms with van der Waals surface area (Å²) in [6.45, 7) is 7.39. The third kappa shape index (κ3) is 5.52. The van der Waals surface area contributed by atoms with E-state index >= 15 is 0 Å². The standard InChI is InChI=1S/C16H20N2O3/c1-10(2)9-14(11(3)4)15(20)18-16(21)17-12-5-7-13(19)8-6-12/h5-9,19H,1-4H3,(H2,17,18,20,21).